The number of methoxy groups -OCH3 is 1. The van der Waals surface area contributed by atoms with Gasteiger partial charge >= 0.3 is 0 Å². The van der Waals surface area contributed by atoms with Gasteiger partial charge in [-0.1, -0.05) is 12.1 Å². The fraction of sp³-hybridized carbons (Fsp3) is 0.118. The fourth-order valence-electron chi connectivity index (χ4n) is 2.09. The number of furan rings is 1. The quantitative estimate of drug-likeness (QED) is 0.557. The summed E-state index contributed by atoms with van der Waals surface area (Å²) in [5.74, 6) is 1.71. The molecule has 2 N–H and O–H groups in total. The summed E-state index contributed by atoms with van der Waals surface area (Å²) >= 11 is 0. The van der Waals surface area contributed by atoms with Crippen LogP contribution in [0.5, 0.6) is 5.75 Å². The summed E-state index contributed by atoms with van der Waals surface area (Å²) in [7, 11) is 1.59. The smallest absolute Gasteiger partial charge is 0.291 e. The van der Waals surface area contributed by atoms with Crippen LogP contribution in [0.1, 0.15) is 21.8 Å². The second-order valence-corrected chi connectivity index (χ2v) is 5.05. The van der Waals surface area contributed by atoms with E-state index >= 15 is 0 Å². The van der Waals surface area contributed by atoms with Gasteiger partial charge in [0.25, 0.3) is 5.91 Å². The average molecular weight is 324 g/mol. The van der Waals surface area contributed by atoms with Gasteiger partial charge in [0.2, 0.25) is 0 Å². The molecule has 0 aliphatic carbocycles. The molecule has 7 nitrogen and oxygen atoms in total. The van der Waals surface area contributed by atoms with E-state index in [0.29, 0.717) is 11.5 Å². The van der Waals surface area contributed by atoms with Crippen molar-refractivity contribution in [2.75, 3.05) is 7.11 Å². The standard InChI is InChI=1S/C17H16N4O3/c1-11-6-7-16(24-11)14-9-15(20-19-14)17(22)21-18-10-12-4-3-5-13(8-12)23-2/h3-10H,1-2H3,(H,19,20)(H,21,22)/b18-10+. The molecule has 24 heavy (non-hydrogen) atoms. The lowest BCUT2D eigenvalue weighted by atomic mass is 10.2. The Morgan fingerprint density at radius 3 is 2.96 bits per heavy atom. The van der Waals surface area contributed by atoms with E-state index in [1.807, 2.05) is 43.3 Å². The Hall–Kier alpha value is -3.35. The summed E-state index contributed by atoms with van der Waals surface area (Å²) in [5, 5.41) is 10.7. The minimum atomic E-state index is -0.417. The van der Waals surface area contributed by atoms with Gasteiger partial charge in [-0.3, -0.25) is 9.89 Å². The van der Waals surface area contributed by atoms with Crippen molar-refractivity contribution in [3.63, 3.8) is 0 Å². The van der Waals surface area contributed by atoms with Gasteiger partial charge in [0.05, 0.1) is 13.3 Å². The van der Waals surface area contributed by atoms with Crippen LogP contribution in [0, 0.1) is 6.92 Å². The van der Waals surface area contributed by atoms with Crippen LogP contribution in [0.4, 0.5) is 0 Å². The topological polar surface area (TPSA) is 92.5 Å². The second kappa shape index (κ2) is 6.82. The molecule has 2 heterocycles. The second-order valence-electron chi connectivity index (χ2n) is 5.05. The summed E-state index contributed by atoms with van der Waals surface area (Å²) in [4.78, 5) is 12.0. The third-order valence-corrected chi connectivity index (χ3v) is 3.29. The van der Waals surface area contributed by atoms with E-state index in [1.54, 1.807) is 13.2 Å². The van der Waals surface area contributed by atoms with Gasteiger partial charge in [-0.25, -0.2) is 5.43 Å². The highest BCUT2D eigenvalue weighted by Gasteiger charge is 2.12. The van der Waals surface area contributed by atoms with Crippen LogP contribution in [0.15, 0.2) is 52.0 Å². The lowest BCUT2D eigenvalue weighted by Gasteiger charge is -1.99. The Morgan fingerprint density at radius 1 is 1.33 bits per heavy atom. The molecule has 1 aromatic carbocycles. The Labute approximate surface area is 138 Å². The molecule has 1 amide bonds. The highest BCUT2D eigenvalue weighted by Crippen LogP contribution is 2.20. The number of ether oxygens (including phenoxy) is 1. The van der Waals surface area contributed by atoms with Crippen LogP contribution in [0.25, 0.3) is 11.5 Å². The molecule has 3 aromatic rings. The largest absolute Gasteiger partial charge is 0.497 e. The zero-order valence-electron chi connectivity index (χ0n) is 13.2. The Balaban J connectivity index is 1.65. The maximum atomic E-state index is 12.0. The molecular weight excluding hydrogens is 308 g/mol. The first-order valence-corrected chi connectivity index (χ1v) is 7.25. The van der Waals surface area contributed by atoms with Crippen LogP contribution < -0.4 is 10.2 Å². The first kappa shape index (κ1) is 15.5. The lowest BCUT2D eigenvalue weighted by molar-refractivity contribution is 0.0950. The minimum Gasteiger partial charge on any atom is -0.497 e. The number of nitrogens with one attached hydrogen (secondary N) is 2. The molecule has 0 saturated heterocycles. The molecule has 0 fully saturated rings. The van der Waals surface area contributed by atoms with Crippen molar-refractivity contribution < 1.29 is 13.9 Å². The number of hydrazone groups is 1. The molecule has 0 bridgehead atoms. The van der Waals surface area contributed by atoms with Crippen molar-refractivity contribution in [1.29, 1.82) is 0 Å². The molecule has 0 spiro atoms. The van der Waals surface area contributed by atoms with Gasteiger partial charge in [-0.15, -0.1) is 0 Å². The van der Waals surface area contributed by atoms with Crippen molar-refractivity contribution in [2.24, 2.45) is 5.10 Å². The number of benzene rings is 1. The zero-order chi connectivity index (χ0) is 16.9. The average Bonchev–Trinajstić information content (AvgIpc) is 3.24. The van der Waals surface area contributed by atoms with E-state index in [2.05, 4.69) is 20.7 Å². The molecule has 122 valence electrons. The van der Waals surface area contributed by atoms with Crippen LogP contribution >= 0.6 is 0 Å². The number of hydrogen-bond acceptors (Lipinski definition) is 5. The summed E-state index contributed by atoms with van der Waals surface area (Å²) in [5.41, 5.74) is 4.09. The van der Waals surface area contributed by atoms with Gasteiger partial charge in [0, 0.05) is 6.07 Å². The number of aromatic amines is 1. The van der Waals surface area contributed by atoms with Crippen molar-refractivity contribution in [1.82, 2.24) is 15.6 Å². The van der Waals surface area contributed by atoms with E-state index in [9.17, 15) is 4.79 Å². The molecule has 0 saturated carbocycles. The number of carbonyl (C=O) groups excluding carboxylic acids is 1. The van der Waals surface area contributed by atoms with E-state index in [1.165, 1.54) is 6.21 Å². The molecular formula is C17H16N4O3. The van der Waals surface area contributed by atoms with Crippen molar-refractivity contribution in [3.8, 4) is 17.2 Å². The molecule has 0 atom stereocenters. The summed E-state index contributed by atoms with van der Waals surface area (Å²) in [6.45, 7) is 1.85. The Bertz CT molecular complexity index is 879. The summed E-state index contributed by atoms with van der Waals surface area (Å²) in [6, 6.07) is 12.6. The lowest BCUT2D eigenvalue weighted by Crippen LogP contribution is -2.18. The predicted octanol–water partition coefficient (Wildman–Crippen LogP) is 2.75. The van der Waals surface area contributed by atoms with Crippen LogP contribution in [-0.4, -0.2) is 29.4 Å². The molecule has 3 rings (SSSR count). The Kier molecular flexibility index (Phi) is 4.42. The third kappa shape index (κ3) is 3.52. The number of H-pyrrole nitrogens is 1. The van der Waals surface area contributed by atoms with Crippen molar-refractivity contribution >= 4 is 12.1 Å². The SMILES string of the molecule is COc1cccc(/C=N/NC(=O)c2cc(-c3ccc(C)o3)[nH]n2)c1. The van der Waals surface area contributed by atoms with E-state index in [0.717, 1.165) is 17.1 Å². The number of hydrogen-bond donors (Lipinski definition) is 2. The molecule has 7 heteroatoms. The van der Waals surface area contributed by atoms with E-state index < -0.39 is 5.91 Å². The van der Waals surface area contributed by atoms with Crippen LogP contribution in [-0.2, 0) is 0 Å². The minimum absolute atomic E-state index is 0.224. The monoisotopic (exact) mass is 324 g/mol. The molecule has 0 unspecified atom stereocenters. The Morgan fingerprint density at radius 2 is 2.21 bits per heavy atom. The summed E-state index contributed by atoms with van der Waals surface area (Å²) in [6.07, 6.45) is 1.53. The molecule has 2 aromatic heterocycles. The maximum absolute atomic E-state index is 12.0. The van der Waals surface area contributed by atoms with Gasteiger partial charge in [0.1, 0.15) is 17.2 Å². The van der Waals surface area contributed by atoms with Gasteiger partial charge in [-0.2, -0.15) is 10.2 Å². The first-order valence-electron chi connectivity index (χ1n) is 7.25. The van der Waals surface area contributed by atoms with Crippen molar-refractivity contribution in [2.45, 2.75) is 6.92 Å². The number of amides is 1. The number of rotatable bonds is 5. The fourth-order valence-corrected chi connectivity index (χ4v) is 2.09. The number of nitrogens with zero attached hydrogens (tertiary/aromatic N) is 2. The van der Waals surface area contributed by atoms with Crippen LogP contribution in [0.2, 0.25) is 0 Å². The zero-order valence-corrected chi connectivity index (χ0v) is 13.2. The summed E-state index contributed by atoms with van der Waals surface area (Å²) < 4.78 is 10.6. The normalized spacial score (nSPS) is 10.9. The van der Waals surface area contributed by atoms with Gasteiger partial charge < -0.3 is 9.15 Å². The highest BCUT2D eigenvalue weighted by molar-refractivity contribution is 5.94. The predicted molar refractivity (Wildman–Crippen MR) is 89.1 cm³/mol. The molecule has 0 aliphatic rings. The number of aromatic nitrogens is 2. The van der Waals surface area contributed by atoms with E-state index in [4.69, 9.17) is 9.15 Å². The van der Waals surface area contributed by atoms with Crippen molar-refractivity contribution in [3.05, 3.63) is 59.5 Å². The highest BCUT2D eigenvalue weighted by atomic mass is 16.5. The van der Waals surface area contributed by atoms with E-state index in [-0.39, 0.29) is 5.69 Å². The van der Waals surface area contributed by atoms with Gasteiger partial charge in [-0.05, 0) is 36.8 Å². The first-order chi connectivity index (χ1) is 11.7. The van der Waals surface area contributed by atoms with Crippen LogP contribution in [0.3, 0.4) is 0 Å². The maximum Gasteiger partial charge on any atom is 0.291 e. The number of carbonyl (C=O) groups is 1. The number of aryl methyl sites for hydroxylation is 1. The van der Waals surface area contributed by atoms with Gasteiger partial charge in [0.15, 0.2) is 11.5 Å². The third-order valence-electron chi connectivity index (χ3n) is 3.29. The molecule has 0 aliphatic heterocycles. The molecule has 0 radical (unpaired) electrons.